The van der Waals surface area contributed by atoms with E-state index in [9.17, 15) is 4.91 Å². The van der Waals surface area contributed by atoms with Crippen molar-refractivity contribution in [2.75, 3.05) is 6.61 Å². The highest BCUT2D eigenvalue weighted by Crippen LogP contribution is 2.10. The Balaban J connectivity index is 3.38. The van der Waals surface area contributed by atoms with Crippen molar-refractivity contribution < 1.29 is 5.11 Å². The molecular formula is C9H17NO2. The zero-order valence-electron chi connectivity index (χ0n) is 7.41. The summed E-state index contributed by atoms with van der Waals surface area (Å²) in [5.41, 5.74) is 0. The molecule has 1 atom stereocenters. The van der Waals surface area contributed by atoms with E-state index in [2.05, 4.69) is 11.8 Å². The number of aliphatic hydroxyl groups excluding tert-OH is 1. The van der Waals surface area contributed by atoms with E-state index in [1.165, 1.54) is 0 Å². The van der Waals surface area contributed by atoms with Gasteiger partial charge < -0.3 is 5.11 Å². The molecule has 3 nitrogen and oxygen atoms in total. The van der Waals surface area contributed by atoms with Crippen LogP contribution in [-0.2, 0) is 0 Å². The predicted molar refractivity (Wildman–Crippen MR) is 50.0 cm³/mol. The molecule has 0 aliphatic carbocycles. The van der Waals surface area contributed by atoms with Crippen LogP contribution in [0.4, 0.5) is 0 Å². The molecule has 70 valence electrons. The first kappa shape index (κ1) is 11.3. The highest BCUT2D eigenvalue weighted by molar-refractivity contribution is 4.70. The monoisotopic (exact) mass is 171 g/mol. The van der Waals surface area contributed by atoms with Gasteiger partial charge in [0.15, 0.2) is 0 Å². The Morgan fingerprint density at radius 1 is 1.42 bits per heavy atom. The van der Waals surface area contributed by atoms with E-state index < -0.39 is 0 Å². The first-order valence-corrected chi connectivity index (χ1v) is 4.39. The number of nitrogens with zero attached hydrogens (tertiary/aromatic N) is 1. The quantitative estimate of drug-likeness (QED) is 0.346. The van der Waals surface area contributed by atoms with Crippen LogP contribution in [0.5, 0.6) is 0 Å². The molecule has 0 heterocycles. The maximum Gasteiger partial charge on any atom is 0.0920 e. The minimum absolute atomic E-state index is 0.114. The van der Waals surface area contributed by atoms with Crippen molar-refractivity contribution >= 4 is 0 Å². The molecule has 0 bridgehead atoms. The summed E-state index contributed by atoms with van der Waals surface area (Å²) < 4.78 is 0. The highest BCUT2D eigenvalue weighted by atomic mass is 16.3. The minimum atomic E-state index is -0.114. The van der Waals surface area contributed by atoms with Crippen LogP contribution >= 0.6 is 0 Å². The number of rotatable bonds is 8. The van der Waals surface area contributed by atoms with Gasteiger partial charge in [0.1, 0.15) is 0 Å². The molecule has 0 aromatic rings. The number of hydrogen-bond acceptors (Lipinski definition) is 3. The van der Waals surface area contributed by atoms with Gasteiger partial charge in [0.25, 0.3) is 0 Å². The van der Waals surface area contributed by atoms with Crippen molar-refractivity contribution in [3.05, 3.63) is 17.6 Å². The number of hydrogen-bond donors (Lipinski definition) is 1. The van der Waals surface area contributed by atoms with Crippen molar-refractivity contribution in [3.63, 3.8) is 0 Å². The number of unbranched alkanes of at least 4 members (excludes halogenated alkanes) is 1. The Morgan fingerprint density at radius 2 is 2.08 bits per heavy atom. The summed E-state index contributed by atoms with van der Waals surface area (Å²) in [6.45, 7) is 3.74. The third-order valence-electron chi connectivity index (χ3n) is 1.79. The van der Waals surface area contributed by atoms with Crippen molar-refractivity contribution in [2.24, 2.45) is 5.18 Å². The second kappa shape index (κ2) is 8.40. The van der Waals surface area contributed by atoms with Crippen LogP contribution in [0.25, 0.3) is 0 Å². The lowest BCUT2D eigenvalue weighted by Gasteiger charge is -2.05. The Hall–Kier alpha value is -0.700. The lowest BCUT2D eigenvalue weighted by atomic mass is 10.1. The summed E-state index contributed by atoms with van der Waals surface area (Å²) in [5, 5.41) is 11.5. The van der Waals surface area contributed by atoms with Crippen molar-refractivity contribution in [2.45, 2.75) is 38.1 Å². The number of aliphatic hydroxyl groups is 1. The maximum absolute atomic E-state index is 10.2. The lowest BCUT2D eigenvalue weighted by molar-refractivity contribution is 0.278. The third kappa shape index (κ3) is 6.04. The molecule has 0 aliphatic heterocycles. The summed E-state index contributed by atoms with van der Waals surface area (Å²) in [4.78, 5) is 10.2. The van der Waals surface area contributed by atoms with Crippen molar-refractivity contribution in [3.8, 4) is 0 Å². The summed E-state index contributed by atoms with van der Waals surface area (Å²) in [6.07, 6.45) is 5.93. The smallest absolute Gasteiger partial charge is 0.0920 e. The Kier molecular flexibility index (Phi) is 7.91. The van der Waals surface area contributed by atoms with E-state index >= 15 is 0 Å². The van der Waals surface area contributed by atoms with Crippen LogP contribution in [0, 0.1) is 4.91 Å². The normalized spacial score (nSPS) is 12.4. The van der Waals surface area contributed by atoms with Gasteiger partial charge in [0.2, 0.25) is 0 Å². The topological polar surface area (TPSA) is 49.7 Å². The molecule has 1 unspecified atom stereocenters. The second-order valence-electron chi connectivity index (χ2n) is 2.84. The number of allylic oxidation sites excluding steroid dienone is 1. The van der Waals surface area contributed by atoms with Crippen LogP contribution in [0.15, 0.2) is 17.8 Å². The van der Waals surface area contributed by atoms with Gasteiger partial charge in [-0.1, -0.05) is 11.3 Å². The fourth-order valence-electron chi connectivity index (χ4n) is 1.07. The first-order chi connectivity index (χ1) is 5.85. The fraction of sp³-hybridized carbons (Fsp3) is 0.778. The van der Waals surface area contributed by atoms with Gasteiger partial charge in [0.05, 0.1) is 6.04 Å². The molecule has 0 fully saturated rings. The fourth-order valence-corrected chi connectivity index (χ4v) is 1.07. The van der Waals surface area contributed by atoms with Crippen LogP contribution in [-0.4, -0.2) is 17.8 Å². The van der Waals surface area contributed by atoms with Gasteiger partial charge in [-0.05, 0) is 32.1 Å². The van der Waals surface area contributed by atoms with Gasteiger partial charge in [-0.15, -0.1) is 6.58 Å². The van der Waals surface area contributed by atoms with Gasteiger partial charge in [-0.2, -0.15) is 4.91 Å². The predicted octanol–water partition coefficient (Wildman–Crippen LogP) is 2.25. The largest absolute Gasteiger partial charge is 0.396 e. The molecule has 0 saturated carbocycles. The first-order valence-electron chi connectivity index (χ1n) is 4.39. The highest BCUT2D eigenvalue weighted by Gasteiger charge is 2.06. The van der Waals surface area contributed by atoms with Crippen LogP contribution < -0.4 is 0 Å². The molecule has 0 saturated heterocycles. The van der Waals surface area contributed by atoms with Crippen LogP contribution in [0.1, 0.15) is 32.1 Å². The Labute approximate surface area is 73.5 Å². The third-order valence-corrected chi connectivity index (χ3v) is 1.79. The molecule has 12 heavy (non-hydrogen) atoms. The SMILES string of the molecule is C=CCCCC(CCCO)N=O. The Bertz CT molecular complexity index is 126. The summed E-state index contributed by atoms with van der Waals surface area (Å²) >= 11 is 0. The molecule has 3 heteroatoms. The van der Waals surface area contributed by atoms with E-state index in [1.807, 2.05) is 6.08 Å². The van der Waals surface area contributed by atoms with Crippen molar-refractivity contribution in [1.29, 1.82) is 0 Å². The molecule has 0 amide bonds. The van der Waals surface area contributed by atoms with Gasteiger partial charge >= 0.3 is 0 Å². The molecule has 1 N–H and O–H groups in total. The lowest BCUT2D eigenvalue weighted by Crippen LogP contribution is -2.04. The van der Waals surface area contributed by atoms with Crippen LogP contribution in [0.2, 0.25) is 0 Å². The van der Waals surface area contributed by atoms with E-state index in [0.717, 1.165) is 19.3 Å². The zero-order valence-corrected chi connectivity index (χ0v) is 7.41. The van der Waals surface area contributed by atoms with Gasteiger partial charge in [0, 0.05) is 6.61 Å². The van der Waals surface area contributed by atoms with Crippen LogP contribution in [0.3, 0.4) is 0 Å². The zero-order chi connectivity index (χ0) is 9.23. The molecule has 0 aromatic carbocycles. The molecule has 0 radical (unpaired) electrons. The van der Waals surface area contributed by atoms with Gasteiger partial charge in [-0.3, -0.25) is 0 Å². The summed E-state index contributed by atoms with van der Waals surface area (Å²) in [7, 11) is 0. The summed E-state index contributed by atoms with van der Waals surface area (Å²) in [5.74, 6) is 0. The minimum Gasteiger partial charge on any atom is -0.396 e. The second-order valence-corrected chi connectivity index (χ2v) is 2.84. The van der Waals surface area contributed by atoms with Gasteiger partial charge in [-0.25, -0.2) is 0 Å². The van der Waals surface area contributed by atoms with E-state index in [0.29, 0.717) is 12.8 Å². The Morgan fingerprint density at radius 3 is 2.58 bits per heavy atom. The average Bonchev–Trinajstić information content (AvgIpc) is 2.11. The van der Waals surface area contributed by atoms with E-state index in [-0.39, 0.29) is 12.6 Å². The average molecular weight is 171 g/mol. The molecule has 0 aromatic heterocycles. The molecule has 0 spiro atoms. The summed E-state index contributed by atoms with van der Waals surface area (Å²) in [6, 6.07) is -0.114. The van der Waals surface area contributed by atoms with Crippen molar-refractivity contribution in [1.82, 2.24) is 0 Å². The maximum atomic E-state index is 10.2. The number of nitroso groups, excluding NO2 is 1. The standard InChI is InChI=1S/C9H17NO2/c1-2-3-4-6-9(10-12)7-5-8-11/h2,9,11H,1,3-8H2. The van der Waals surface area contributed by atoms with E-state index in [1.54, 1.807) is 0 Å². The molecular weight excluding hydrogens is 154 g/mol. The molecule has 0 aliphatic rings. The van der Waals surface area contributed by atoms with E-state index in [4.69, 9.17) is 5.11 Å². The molecule has 0 rings (SSSR count).